The van der Waals surface area contributed by atoms with Gasteiger partial charge in [-0.1, -0.05) is 35.9 Å². The second kappa shape index (κ2) is 10.3. The smallest absolute Gasteiger partial charge is 0.338 e. The van der Waals surface area contributed by atoms with Gasteiger partial charge in [0.2, 0.25) is 0 Å². The molecule has 194 valence electrons. The van der Waals surface area contributed by atoms with Crippen LogP contribution >= 0.6 is 0 Å². The first kappa shape index (κ1) is 26.2. The summed E-state index contributed by atoms with van der Waals surface area (Å²) in [7, 11) is -4.32. The van der Waals surface area contributed by atoms with Gasteiger partial charge in [-0.05, 0) is 45.0 Å². The Morgan fingerprint density at radius 2 is 1.69 bits per heavy atom. The van der Waals surface area contributed by atoms with Crippen molar-refractivity contribution in [2.24, 2.45) is 0 Å². The van der Waals surface area contributed by atoms with Crippen molar-refractivity contribution in [1.82, 2.24) is 0 Å². The van der Waals surface area contributed by atoms with Gasteiger partial charge in [-0.2, -0.15) is 8.42 Å². The van der Waals surface area contributed by atoms with Gasteiger partial charge >= 0.3 is 11.9 Å². The molecule has 0 bridgehead atoms. The molecule has 2 saturated heterocycles. The number of ether oxygens (including phenoxy) is 5. The molecule has 2 aromatic carbocycles. The fourth-order valence-electron chi connectivity index (χ4n) is 4.05. The fourth-order valence-corrected chi connectivity index (χ4v) is 5.12. The van der Waals surface area contributed by atoms with Crippen molar-refractivity contribution in [1.29, 1.82) is 0 Å². The normalized spacial score (nSPS) is 25.7. The van der Waals surface area contributed by atoms with Crippen molar-refractivity contribution >= 4 is 22.1 Å². The van der Waals surface area contributed by atoms with Gasteiger partial charge in [0.25, 0.3) is 10.1 Å². The summed E-state index contributed by atoms with van der Waals surface area (Å²) < 4.78 is 60.1. The van der Waals surface area contributed by atoms with Crippen molar-refractivity contribution < 1.29 is 45.9 Å². The summed E-state index contributed by atoms with van der Waals surface area (Å²) in [5, 5.41) is 0. The maximum Gasteiger partial charge on any atom is 0.338 e. The Kier molecular flexibility index (Phi) is 7.48. The Bertz CT molecular complexity index is 1190. The summed E-state index contributed by atoms with van der Waals surface area (Å²) in [5.74, 6) is -2.33. The van der Waals surface area contributed by atoms with E-state index in [2.05, 4.69) is 0 Å². The summed E-state index contributed by atoms with van der Waals surface area (Å²) >= 11 is 0. The zero-order valence-corrected chi connectivity index (χ0v) is 21.1. The molecule has 0 radical (unpaired) electrons. The highest BCUT2D eigenvalue weighted by Gasteiger charge is 2.59. The topological polar surface area (TPSA) is 124 Å². The summed E-state index contributed by atoms with van der Waals surface area (Å²) in [4.78, 5) is 24.4. The number of hydrogen-bond donors (Lipinski definition) is 0. The second-order valence-corrected chi connectivity index (χ2v) is 10.6. The maximum absolute atomic E-state index is 13.1. The van der Waals surface area contributed by atoms with Crippen molar-refractivity contribution in [3.8, 4) is 0 Å². The molecule has 0 amide bonds. The minimum atomic E-state index is -4.32. The molecule has 2 fully saturated rings. The number of fused-ring (bicyclic) bond motifs is 1. The number of aryl methyl sites for hydroxylation is 1. The van der Waals surface area contributed by atoms with Gasteiger partial charge in [-0.3, -0.25) is 8.98 Å². The molecule has 5 unspecified atom stereocenters. The van der Waals surface area contributed by atoms with E-state index in [1.807, 2.05) is 6.92 Å². The number of carbonyl (C=O) groups is 2. The Labute approximate surface area is 209 Å². The van der Waals surface area contributed by atoms with E-state index < -0.39 is 65.2 Å². The molecule has 10 nitrogen and oxygen atoms in total. The van der Waals surface area contributed by atoms with Crippen molar-refractivity contribution in [3.63, 3.8) is 0 Å². The largest absolute Gasteiger partial charge is 0.459 e. The molecule has 0 spiro atoms. The Morgan fingerprint density at radius 1 is 1.03 bits per heavy atom. The quantitative estimate of drug-likeness (QED) is 0.379. The molecule has 2 aliphatic heterocycles. The fraction of sp³-hybridized carbons (Fsp3) is 0.440. The monoisotopic (exact) mass is 520 g/mol. The van der Waals surface area contributed by atoms with Crippen molar-refractivity contribution in [2.75, 3.05) is 6.61 Å². The van der Waals surface area contributed by atoms with Crippen LogP contribution in [0.1, 0.15) is 36.7 Å². The number of benzene rings is 2. The molecular weight excluding hydrogens is 492 g/mol. The summed E-state index contributed by atoms with van der Waals surface area (Å²) in [5.41, 5.74) is 1.13. The summed E-state index contributed by atoms with van der Waals surface area (Å²) in [6, 6.07) is 14.3. The van der Waals surface area contributed by atoms with Gasteiger partial charge < -0.3 is 23.7 Å². The molecule has 0 aromatic heterocycles. The van der Waals surface area contributed by atoms with E-state index in [4.69, 9.17) is 27.9 Å². The van der Waals surface area contributed by atoms with Crippen LogP contribution in [-0.4, -0.2) is 63.5 Å². The molecule has 0 saturated carbocycles. The first-order valence-electron chi connectivity index (χ1n) is 11.4. The third-order valence-electron chi connectivity index (χ3n) is 5.64. The van der Waals surface area contributed by atoms with E-state index >= 15 is 0 Å². The predicted molar refractivity (Wildman–Crippen MR) is 124 cm³/mol. The highest BCUT2D eigenvalue weighted by atomic mass is 32.2. The molecule has 2 aromatic rings. The second-order valence-electron chi connectivity index (χ2n) is 9.01. The van der Waals surface area contributed by atoms with Gasteiger partial charge in [-0.25, -0.2) is 4.79 Å². The lowest BCUT2D eigenvalue weighted by Gasteiger charge is -2.30. The SMILES string of the molecule is CC(=O)OC1C(C(COC(=O)c2ccccc2)OS(=O)(=O)c2ccc(C)cc2)OC2OC(C)(C)OC21. The first-order chi connectivity index (χ1) is 16.9. The van der Waals surface area contributed by atoms with E-state index in [9.17, 15) is 18.0 Å². The average Bonchev–Trinajstić information content (AvgIpc) is 3.29. The molecular formula is C25H28O10S. The van der Waals surface area contributed by atoms with E-state index in [0.717, 1.165) is 5.56 Å². The number of esters is 2. The predicted octanol–water partition coefficient (Wildman–Crippen LogP) is 2.73. The minimum Gasteiger partial charge on any atom is -0.459 e. The number of hydrogen-bond acceptors (Lipinski definition) is 10. The summed E-state index contributed by atoms with van der Waals surface area (Å²) in [6.45, 7) is 5.86. The van der Waals surface area contributed by atoms with Crippen LogP contribution in [0.4, 0.5) is 0 Å². The van der Waals surface area contributed by atoms with Crippen molar-refractivity contribution in [3.05, 3.63) is 65.7 Å². The van der Waals surface area contributed by atoms with Crippen LogP contribution in [0.5, 0.6) is 0 Å². The van der Waals surface area contributed by atoms with Crippen LogP contribution in [0.15, 0.2) is 59.5 Å². The van der Waals surface area contributed by atoms with E-state index in [0.29, 0.717) is 0 Å². The van der Waals surface area contributed by atoms with Crippen LogP contribution < -0.4 is 0 Å². The van der Waals surface area contributed by atoms with E-state index in [1.54, 1.807) is 56.3 Å². The lowest BCUT2D eigenvalue weighted by Crippen LogP contribution is -2.47. The third kappa shape index (κ3) is 5.93. The van der Waals surface area contributed by atoms with Gasteiger partial charge in [0.15, 0.2) is 24.3 Å². The van der Waals surface area contributed by atoms with E-state index in [1.165, 1.54) is 19.1 Å². The minimum absolute atomic E-state index is 0.0941. The molecule has 2 aliphatic rings. The average molecular weight is 521 g/mol. The van der Waals surface area contributed by atoms with Gasteiger partial charge in [0.1, 0.15) is 18.8 Å². The molecule has 0 N–H and O–H groups in total. The highest BCUT2D eigenvalue weighted by molar-refractivity contribution is 7.86. The summed E-state index contributed by atoms with van der Waals surface area (Å²) in [6.07, 6.45) is -5.43. The van der Waals surface area contributed by atoms with Crippen LogP contribution in [0.2, 0.25) is 0 Å². The number of carbonyl (C=O) groups excluding carboxylic acids is 2. The molecule has 2 heterocycles. The van der Waals surface area contributed by atoms with Crippen molar-refractivity contribution in [2.45, 2.75) is 69.1 Å². The molecule has 5 atom stereocenters. The first-order valence-corrected chi connectivity index (χ1v) is 12.8. The van der Waals surface area contributed by atoms with E-state index in [-0.39, 0.29) is 10.5 Å². The molecule has 0 aliphatic carbocycles. The molecule has 4 rings (SSSR count). The standard InChI is InChI=1S/C25H28O10S/c1-15-10-12-18(13-11-15)36(28,29)35-19(14-30-23(27)17-8-6-5-7-9-17)20-21(31-16(2)26)22-24(32-20)34-25(3,4)33-22/h5-13,19-22,24H,14H2,1-4H3. The zero-order valence-electron chi connectivity index (χ0n) is 20.3. The van der Waals surface area contributed by atoms with Crippen LogP contribution in [0, 0.1) is 6.92 Å². The zero-order chi connectivity index (χ0) is 26.1. The van der Waals surface area contributed by atoms with Crippen LogP contribution in [-0.2, 0) is 42.8 Å². The van der Waals surface area contributed by atoms with Crippen LogP contribution in [0.25, 0.3) is 0 Å². The Hall–Kier alpha value is -2.83. The third-order valence-corrected chi connectivity index (χ3v) is 6.99. The lowest BCUT2D eigenvalue weighted by atomic mass is 10.1. The molecule has 11 heteroatoms. The van der Waals surface area contributed by atoms with Crippen LogP contribution in [0.3, 0.4) is 0 Å². The van der Waals surface area contributed by atoms with Gasteiger partial charge in [0.05, 0.1) is 10.5 Å². The van der Waals surface area contributed by atoms with Gasteiger partial charge in [-0.15, -0.1) is 0 Å². The lowest BCUT2D eigenvalue weighted by molar-refractivity contribution is -0.228. The highest BCUT2D eigenvalue weighted by Crippen LogP contribution is 2.40. The maximum atomic E-state index is 13.1. The Balaban J connectivity index is 1.61. The Morgan fingerprint density at radius 3 is 2.33 bits per heavy atom. The van der Waals surface area contributed by atoms with Gasteiger partial charge in [0, 0.05) is 6.92 Å². The number of rotatable bonds is 8. The molecule has 36 heavy (non-hydrogen) atoms.